The molecule has 0 aliphatic rings. The van der Waals surface area contributed by atoms with Gasteiger partial charge in [-0.25, -0.2) is 8.78 Å². The fraction of sp³-hybridized carbons (Fsp3) is 0.182. The molecule has 0 amide bonds. The minimum atomic E-state index is -1.23. The zero-order valence-electron chi connectivity index (χ0n) is 8.57. The summed E-state index contributed by atoms with van der Waals surface area (Å²) in [4.78, 5) is 32.8. The Morgan fingerprint density at radius 2 is 1.71 bits per heavy atom. The Kier molecular flexibility index (Phi) is 4.03. The number of hydrogen-bond acceptors (Lipinski definition) is 3. The van der Waals surface area contributed by atoms with Crippen molar-refractivity contribution in [3.8, 4) is 0 Å². The normalized spacial score (nSPS) is 10.0. The monoisotopic (exact) mass is 242 g/mol. The van der Waals surface area contributed by atoms with E-state index in [9.17, 15) is 23.2 Å². The summed E-state index contributed by atoms with van der Waals surface area (Å²) < 4.78 is 25.4. The van der Waals surface area contributed by atoms with Crippen LogP contribution in [0.15, 0.2) is 18.2 Å². The molecular formula is C11H8F2O4. The number of hydrogen-bond donors (Lipinski definition) is 1. The molecule has 6 heteroatoms. The smallest absolute Gasteiger partial charge is 0.303 e. The third-order valence-electron chi connectivity index (χ3n) is 2.00. The molecule has 4 nitrogen and oxygen atoms in total. The molecule has 0 heterocycles. The lowest BCUT2D eigenvalue weighted by molar-refractivity contribution is -0.138. The maximum absolute atomic E-state index is 12.8. The molecular weight excluding hydrogens is 234 g/mol. The second-order valence-corrected chi connectivity index (χ2v) is 3.27. The Labute approximate surface area is 94.9 Å². The van der Waals surface area contributed by atoms with E-state index >= 15 is 0 Å². The predicted molar refractivity (Wildman–Crippen MR) is 52.6 cm³/mol. The lowest BCUT2D eigenvalue weighted by atomic mass is 10.0. The number of carboxylic acids is 1. The van der Waals surface area contributed by atoms with Gasteiger partial charge in [-0.2, -0.15) is 0 Å². The lowest BCUT2D eigenvalue weighted by Crippen LogP contribution is -2.15. The van der Waals surface area contributed by atoms with Gasteiger partial charge < -0.3 is 5.11 Å². The van der Waals surface area contributed by atoms with Crippen molar-refractivity contribution < 1.29 is 28.3 Å². The van der Waals surface area contributed by atoms with Gasteiger partial charge in [0.25, 0.3) is 0 Å². The van der Waals surface area contributed by atoms with Gasteiger partial charge in [0, 0.05) is 12.0 Å². The van der Waals surface area contributed by atoms with E-state index in [1.54, 1.807) is 0 Å². The maximum atomic E-state index is 12.8. The highest BCUT2D eigenvalue weighted by Crippen LogP contribution is 2.10. The molecule has 1 N–H and O–H groups in total. The third-order valence-corrected chi connectivity index (χ3v) is 2.00. The minimum absolute atomic E-state index is 0.292. The Bertz CT molecular complexity index is 482. The van der Waals surface area contributed by atoms with Crippen LogP contribution in [0.1, 0.15) is 23.2 Å². The zero-order chi connectivity index (χ0) is 13.0. The van der Waals surface area contributed by atoms with Gasteiger partial charge in [0.15, 0.2) is 11.6 Å². The van der Waals surface area contributed by atoms with Gasteiger partial charge in [0.05, 0.1) is 6.42 Å². The number of Topliss-reactive ketones (excluding diaryl/α,β-unsaturated/α-hetero) is 2. The summed E-state index contributed by atoms with van der Waals surface area (Å²) in [6.07, 6.45) is -0.943. The highest BCUT2D eigenvalue weighted by Gasteiger charge is 2.18. The largest absolute Gasteiger partial charge is 0.481 e. The van der Waals surface area contributed by atoms with E-state index in [0.717, 1.165) is 12.1 Å². The predicted octanol–water partition coefficient (Wildman–Crippen LogP) is 1.58. The summed E-state index contributed by atoms with van der Waals surface area (Å²) in [5, 5.41) is 8.32. The summed E-state index contributed by atoms with van der Waals surface area (Å²) in [5.41, 5.74) is -0.292. The van der Waals surface area contributed by atoms with Crippen LogP contribution in [0.4, 0.5) is 8.78 Å². The molecule has 0 spiro atoms. The molecule has 0 aliphatic carbocycles. The summed E-state index contributed by atoms with van der Waals surface area (Å²) in [6.45, 7) is 0. The van der Waals surface area contributed by atoms with Crippen molar-refractivity contribution in [2.24, 2.45) is 0 Å². The molecule has 1 aromatic rings. The number of carbonyl (C=O) groups is 3. The van der Waals surface area contributed by atoms with Crippen LogP contribution >= 0.6 is 0 Å². The first-order valence-corrected chi connectivity index (χ1v) is 4.66. The van der Waals surface area contributed by atoms with E-state index in [0.29, 0.717) is 6.07 Å². The highest BCUT2D eigenvalue weighted by atomic mass is 19.2. The van der Waals surface area contributed by atoms with Crippen LogP contribution in [-0.4, -0.2) is 22.6 Å². The molecule has 0 fully saturated rings. The lowest BCUT2D eigenvalue weighted by Gasteiger charge is -2.00. The van der Waals surface area contributed by atoms with Gasteiger partial charge in [-0.1, -0.05) is 0 Å². The molecule has 0 radical (unpaired) electrons. The molecule has 17 heavy (non-hydrogen) atoms. The number of rotatable bonds is 5. The van der Waals surface area contributed by atoms with Crippen molar-refractivity contribution in [3.05, 3.63) is 35.4 Å². The molecule has 1 rings (SSSR count). The number of carboxylic acid groups (broad SMARTS) is 1. The number of carbonyl (C=O) groups excluding carboxylic acids is 2. The fourth-order valence-corrected chi connectivity index (χ4v) is 1.13. The van der Waals surface area contributed by atoms with Gasteiger partial charge in [0.2, 0.25) is 11.6 Å². The second kappa shape index (κ2) is 5.29. The minimum Gasteiger partial charge on any atom is -0.481 e. The first kappa shape index (κ1) is 13.0. The van der Waals surface area contributed by atoms with E-state index < -0.39 is 42.0 Å². The quantitative estimate of drug-likeness (QED) is 0.628. The highest BCUT2D eigenvalue weighted by molar-refractivity contribution is 6.43. The average molecular weight is 242 g/mol. The summed E-state index contributed by atoms with van der Waals surface area (Å²) >= 11 is 0. The molecule has 0 aromatic heterocycles. The number of ketones is 2. The van der Waals surface area contributed by atoms with Gasteiger partial charge in [0.1, 0.15) is 0 Å². The van der Waals surface area contributed by atoms with Crippen LogP contribution in [0.5, 0.6) is 0 Å². The standard InChI is InChI=1S/C11H8F2O4/c12-7-2-1-6(5-8(7)13)11(17)9(14)3-4-10(15)16/h1-2,5H,3-4H2,(H,15,16). The maximum Gasteiger partial charge on any atom is 0.303 e. The molecule has 0 atom stereocenters. The number of halogens is 2. The Morgan fingerprint density at radius 1 is 1.06 bits per heavy atom. The van der Waals surface area contributed by atoms with Crippen LogP contribution in [0.3, 0.4) is 0 Å². The summed E-state index contributed by atoms with van der Waals surface area (Å²) in [6, 6.07) is 2.31. The molecule has 0 bridgehead atoms. The molecule has 0 saturated heterocycles. The van der Waals surface area contributed by atoms with Crippen LogP contribution in [0.2, 0.25) is 0 Å². The van der Waals surface area contributed by atoms with Crippen LogP contribution in [-0.2, 0) is 9.59 Å². The molecule has 0 saturated carbocycles. The zero-order valence-corrected chi connectivity index (χ0v) is 8.57. The molecule has 0 unspecified atom stereocenters. The first-order valence-electron chi connectivity index (χ1n) is 4.66. The van der Waals surface area contributed by atoms with E-state index in [1.165, 1.54) is 0 Å². The van der Waals surface area contributed by atoms with Crippen molar-refractivity contribution in [2.75, 3.05) is 0 Å². The van der Waals surface area contributed by atoms with Crippen LogP contribution in [0, 0.1) is 11.6 Å². The van der Waals surface area contributed by atoms with Gasteiger partial charge in [-0.3, -0.25) is 14.4 Å². The van der Waals surface area contributed by atoms with Gasteiger partial charge >= 0.3 is 5.97 Å². The van der Waals surface area contributed by atoms with Gasteiger partial charge in [-0.15, -0.1) is 0 Å². The molecule has 90 valence electrons. The Hall–Kier alpha value is -2.11. The van der Waals surface area contributed by atoms with E-state index in [1.807, 2.05) is 0 Å². The summed E-state index contributed by atoms with van der Waals surface area (Å²) in [5.74, 6) is -5.54. The van der Waals surface area contributed by atoms with Crippen molar-refractivity contribution in [3.63, 3.8) is 0 Å². The summed E-state index contributed by atoms with van der Waals surface area (Å²) in [7, 11) is 0. The van der Waals surface area contributed by atoms with Gasteiger partial charge in [-0.05, 0) is 18.2 Å². The molecule has 1 aromatic carbocycles. The topological polar surface area (TPSA) is 71.4 Å². The fourth-order valence-electron chi connectivity index (χ4n) is 1.13. The van der Waals surface area contributed by atoms with Crippen molar-refractivity contribution in [1.29, 1.82) is 0 Å². The third kappa shape index (κ3) is 3.44. The van der Waals surface area contributed by atoms with Crippen LogP contribution in [0.25, 0.3) is 0 Å². The first-order chi connectivity index (χ1) is 7.91. The number of aliphatic carboxylic acids is 1. The molecule has 0 aliphatic heterocycles. The SMILES string of the molecule is O=C(O)CCC(=O)C(=O)c1ccc(F)c(F)c1. The van der Waals surface area contributed by atoms with Crippen LogP contribution < -0.4 is 0 Å². The van der Waals surface area contributed by atoms with Crippen molar-refractivity contribution >= 4 is 17.5 Å². The van der Waals surface area contributed by atoms with E-state index in [-0.39, 0.29) is 5.56 Å². The Morgan fingerprint density at radius 3 is 2.24 bits per heavy atom. The Balaban J connectivity index is 2.78. The van der Waals surface area contributed by atoms with Crippen molar-refractivity contribution in [1.82, 2.24) is 0 Å². The van der Waals surface area contributed by atoms with E-state index in [4.69, 9.17) is 5.11 Å². The van der Waals surface area contributed by atoms with E-state index in [2.05, 4.69) is 0 Å². The average Bonchev–Trinajstić information content (AvgIpc) is 2.28. The van der Waals surface area contributed by atoms with Crippen molar-refractivity contribution in [2.45, 2.75) is 12.8 Å². The second-order valence-electron chi connectivity index (χ2n) is 3.27. The number of benzene rings is 1.